The zero-order valence-electron chi connectivity index (χ0n) is 17.3. The summed E-state index contributed by atoms with van der Waals surface area (Å²) in [6.45, 7) is 4.38. The third kappa shape index (κ3) is 5.64. The average molecular weight is 397 g/mol. The minimum atomic E-state index is 0.745. The Bertz CT molecular complexity index is 771. The maximum absolute atomic E-state index is 5.51. The van der Waals surface area contributed by atoms with E-state index in [0.29, 0.717) is 0 Å². The van der Waals surface area contributed by atoms with Crippen LogP contribution in [0.5, 0.6) is 0 Å². The number of rotatable bonds is 7. The van der Waals surface area contributed by atoms with Gasteiger partial charge in [-0.3, -0.25) is 0 Å². The van der Waals surface area contributed by atoms with Crippen LogP contribution in [0.25, 0.3) is 0 Å². The van der Waals surface area contributed by atoms with E-state index >= 15 is 0 Å². The summed E-state index contributed by atoms with van der Waals surface area (Å²) in [5.74, 6) is 3.19. The topological polar surface area (TPSA) is 75.2 Å². The van der Waals surface area contributed by atoms with Crippen molar-refractivity contribution in [1.29, 1.82) is 0 Å². The molecule has 2 aromatic rings. The number of likely N-dealkylation sites (tertiary alicyclic amines) is 1. The van der Waals surface area contributed by atoms with Crippen molar-refractivity contribution in [2.75, 3.05) is 44.0 Å². The number of aromatic nitrogens is 3. The van der Waals surface area contributed by atoms with Crippen molar-refractivity contribution in [3.63, 3.8) is 0 Å². The van der Waals surface area contributed by atoms with Gasteiger partial charge in [0.2, 0.25) is 0 Å². The molecular formula is C22H32N6O. The van der Waals surface area contributed by atoms with Crippen LogP contribution in [-0.4, -0.2) is 59.2 Å². The predicted octanol–water partition coefficient (Wildman–Crippen LogP) is 3.48. The first kappa shape index (κ1) is 20.0. The van der Waals surface area contributed by atoms with Crippen molar-refractivity contribution in [1.82, 2.24) is 19.9 Å². The lowest BCUT2D eigenvalue weighted by Gasteiger charge is -2.39. The lowest BCUT2D eigenvalue weighted by atomic mass is 9.89. The predicted molar refractivity (Wildman–Crippen MR) is 116 cm³/mol. The normalized spacial score (nSPS) is 19.2. The van der Waals surface area contributed by atoms with Gasteiger partial charge in [-0.2, -0.15) is 0 Å². The maximum Gasteiger partial charge on any atom is 0.137 e. The van der Waals surface area contributed by atoms with Gasteiger partial charge in [-0.1, -0.05) is 0 Å². The van der Waals surface area contributed by atoms with E-state index in [1.54, 1.807) is 6.33 Å². The van der Waals surface area contributed by atoms with Crippen molar-refractivity contribution in [2.24, 2.45) is 5.92 Å². The number of nitrogens with one attached hydrogen (secondary N) is 2. The summed E-state index contributed by atoms with van der Waals surface area (Å²) >= 11 is 0. The molecule has 2 fully saturated rings. The molecule has 0 spiro atoms. The van der Waals surface area contributed by atoms with Gasteiger partial charge < -0.3 is 20.3 Å². The van der Waals surface area contributed by atoms with E-state index in [4.69, 9.17) is 4.74 Å². The van der Waals surface area contributed by atoms with E-state index in [1.807, 2.05) is 19.3 Å². The second kappa shape index (κ2) is 9.98. The Morgan fingerprint density at radius 1 is 1.00 bits per heavy atom. The van der Waals surface area contributed by atoms with Gasteiger partial charge in [0.15, 0.2) is 0 Å². The van der Waals surface area contributed by atoms with Crippen LogP contribution in [0.1, 0.15) is 37.7 Å². The molecule has 0 aliphatic carbocycles. The molecule has 7 nitrogen and oxygen atoms in total. The first-order chi connectivity index (χ1) is 14.3. The number of pyridine rings is 1. The molecule has 7 heteroatoms. The standard InChI is InChI=1S/C22H32N6O/c1-23-20-15-22(26-16-25-20)27-21-14-18(4-9-24-21)3-2-17-5-10-28(11-6-17)19-7-12-29-13-8-19/h4,9,14-17,19H,2-3,5-8,10-13H2,1H3,(H2,23,24,25,26,27). The molecule has 2 saturated heterocycles. The van der Waals surface area contributed by atoms with Crippen LogP contribution in [0.4, 0.5) is 17.5 Å². The Kier molecular flexibility index (Phi) is 6.90. The Morgan fingerprint density at radius 2 is 1.76 bits per heavy atom. The number of anilines is 3. The van der Waals surface area contributed by atoms with Gasteiger partial charge in [-0.15, -0.1) is 0 Å². The van der Waals surface area contributed by atoms with Crippen LogP contribution in [0.3, 0.4) is 0 Å². The van der Waals surface area contributed by atoms with Crippen LogP contribution in [-0.2, 0) is 11.2 Å². The van der Waals surface area contributed by atoms with Crippen molar-refractivity contribution in [3.8, 4) is 0 Å². The van der Waals surface area contributed by atoms with Gasteiger partial charge in [0.25, 0.3) is 0 Å². The molecule has 156 valence electrons. The summed E-state index contributed by atoms with van der Waals surface area (Å²) in [7, 11) is 1.85. The molecule has 4 rings (SSSR count). The molecule has 2 aliphatic rings. The first-order valence-corrected chi connectivity index (χ1v) is 10.8. The molecule has 2 aromatic heterocycles. The lowest BCUT2D eigenvalue weighted by molar-refractivity contribution is 0.0206. The zero-order chi connectivity index (χ0) is 19.9. The molecule has 0 amide bonds. The molecule has 0 bridgehead atoms. The highest BCUT2D eigenvalue weighted by Gasteiger charge is 2.26. The minimum absolute atomic E-state index is 0.745. The molecular weight excluding hydrogens is 364 g/mol. The van der Waals surface area contributed by atoms with E-state index in [2.05, 4.69) is 42.6 Å². The molecule has 29 heavy (non-hydrogen) atoms. The largest absolute Gasteiger partial charge is 0.381 e. The van der Waals surface area contributed by atoms with Crippen molar-refractivity contribution < 1.29 is 4.74 Å². The Labute approximate surface area is 173 Å². The Morgan fingerprint density at radius 3 is 2.55 bits per heavy atom. The minimum Gasteiger partial charge on any atom is -0.381 e. The molecule has 2 N–H and O–H groups in total. The van der Waals surface area contributed by atoms with Gasteiger partial charge in [0, 0.05) is 38.6 Å². The summed E-state index contributed by atoms with van der Waals surface area (Å²) in [5.41, 5.74) is 1.33. The third-order valence-corrected chi connectivity index (χ3v) is 6.20. The fourth-order valence-electron chi connectivity index (χ4n) is 4.42. The number of hydrogen-bond donors (Lipinski definition) is 2. The molecule has 0 saturated carbocycles. The van der Waals surface area contributed by atoms with E-state index in [9.17, 15) is 0 Å². The molecule has 2 aliphatic heterocycles. The molecule has 0 unspecified atom stereocenters. The maximum atomic E-state index is 5.51. The highest BCUT2D eigenvalue weighted by Crippen LogP contribution is 2.26. The lowest BCUT2D eigenvalue weighted by Crippen LogP contribution is -2.44. The molecule has 0 radical (unpaired) electrons. The summed E-state index contributed by atoms with van der Waals surface area (Å²) in [6.07, 6.45) is 10.8. The number of nitrogens with zero attached hydrogens (tertiary/aromatic N) is 4. The summed E-state index contributed by atoms with van der Waals surface area (Å²) in [5, 5.41) is 6.30. The van der Waals surface area contributed by atoms with Crippen molar-refractivity contribution >= 4 is 17.5 Å². The number of hydrogen-bond acceptors (Lipinski definition) is 7. The van der Waals surface area contributed by atoms with Crippen molar-refractivity contribution in [2.45, 2.75) is 44.6 Å². The highest BCUT2D eigenvalue weighted by atomic mass is 16.5. The van der Waals surface area contributed by atoms with Gasteiger partial charge >= 0.3 is 0 Å². The number of piperidine rings is 1. The van der Waals surface area contributed by atoms with Crippen LogP contribution in [0.15, 0.2) is 30.7 Å². The average Bonchev–Trinajstić information content (AvgIpc) is 2.79. The summed E-state index contributed by atoms with van der Waals surface area (Å²) in [4.78, 5) is 15.5. The van der Waals surface area contributed by atoms with E-state index in [1.165, 1.54) is 50.8 Å². The molecule has 0 atom stereocenters. The van der Waals surface area contributed by atoms with Gasteiger partial charge in [-0.05, 0) is 75.2 Å². The first-order valence-electron chi connectivity index (χ1n) is 10.8. The van der Waals surface area contributed by atoms with Crippen LogP contribution in [0.2, 0.25) is 0 Å². The Hall–Kier alpha value is -2.25. The van der Waals surface area contributed by atoms with E-state index in [-0.39, 0.29) is 0 Å². The quantitative estimate of drug-likeness (QED) is 0.742. The van der Waals surface area contributed by atoms with Gasteiger partial charge in [-0.25, -0.2) is 15.0 Å². The Balaban J connectivity index is 1.25. The zero-order valence-corrected chi connectivity index (χ0v) is 17.3. The van der Waals surface area contributed by atoms with E-state index < -0.39 is 0 Å². The summed E-state index contributed by atoms with van der Waals surface area (Å²) < 4.78 is 5.51. The van der Waals surface area contributed by atoms with Crippen molar-refractivity contribution in [3.05, 3.63) is 36.3 Å². The van der Waals surface area contributed by atoms with Crippen LogP contribution >= 0.6 is 0 Å². The highest BCUT2D eigenvalue weighted by molar-refractivity contribution is 5.55. The summed E-state index contributed by atoms with van der Waals surface area (Å²) in [6, 6.07) is 6.89. The van der Waals surface area contributed by atoms with Gasteiger partial charge in [0.05, 0.1) is 0 Å². The van der Waals surface area contributed by atoms with Gasteiger partial charge in [0.1, 0.15) is 23.8 Å². The monoisotopic (exact) mass is 396 g/mol. The fourth-order valence-corrected chi connectivity index (χ4v) is 4.42. The van der Waals surface area contributed by atoms with Crippen LogP contribution < -0.4 is 10.6 Å². The third-order valence-electron chi connectivity index (χ3n) is 6.20. The second-order valence-electron chi connectivity index (χ2n) is 8.07. The SMILES string of the molecule is CNc1cc(Nc2cc(CCC3CCN(C4CCOCC4)CC3)ccn2)ncn1. The fraction of sp³-hybridized carbons (Fsp3) is 0.591. The molecule has 0 aromatic carbocycles. The smallest absolute Gasteiger partial charge is 0.137 e. The van der Waals surface area contributed by atoms with Crippen LogP contribution in [0, 0.1) is 5.92 Å². The molecule has 4 heterocycles. The second-order valence-corrected chi connectivity index (χ2v) is 8.07. The number of aryl methyl sites for hydroxylation is 1. The number of ether oxygens (including phenoxy) is 1. The van der Waals surface area contributed by atoms with E-state index in [0.717, 1.165) is 49.0 Å².